The fourth-order valence-electron chi connectivity index (χ4n) is 3.89. The summed E-state index contributed by atoms with van der Waals surface area (Å²) in [5.41, 5.74) is -0.269. The van der Waals surface area contributed by atoms with Crippen molar-refractivity contribution in [1.29, 1.82) is 0 Å². The van der Waals surface area contributed by atoms with Crippen LogP contribution in [-0.2, 0) is 9.53 Å². The fourth-order valence-corrected chi connectivity index (χ4v) is 3.89. The summed E-state index contributed by atoms with van der Waals surface area (Å²) < 4.78 is 5.63. The van der Waals surface area contributed by atoms with E-state index in [9.17, 15) is 9.59 Å². The molecule has 1 heterocycles. The Bertz CT molecular complexity index is 518. The van der Waals surface area contributed by atoms with Gasteiger partial charge in [-0.25, -0.2) is 4.79 Å². The molecule has 3 amide bonds. The molecule has 0 aromatic rings. The highest BCUT2D eigenvalue weighted by molar-refractivity contribution is 5.81. The largest absolute Gasteiger partial charge is 0.378 e. The van der Waals surface area contributed by atoms with Crippen LogP contribution in [0.5, 0.6) is 0 Å². The molecular weight excluding hydrogens is 306 g/mol. The molecule has 0 aromatic carbocycles. The topological polar surface area (TPSA) is 61.9 Å². The highest BCUT2D eigenvalue weighted by atomic mass is 16.5. The van der Waals surface area contributed by atoms with Crippen molar-refractivity contribution in [3.05, 3.63) is 0 Å². The molecule has 2 aliphatic carbocycles. The second-order valence-corrected chi connectivity index (χ2v) is 8.30. The molecule has 6 heteroatoms. The van der Waals surface area contributed by atoms with Gasteiger partial charge in [0.25, 0.3) is 0 Å². The maximum Gasteiger partial charge on any atom is 0.317 e. The second kappa shape index (κ2) is 6.21. The van der Waals surface area contributed by atoms with Gasteiger partial charge in [0.1, 0.15) is 0 Å². The maximum atomic E-state index is 12.6. The Hall–Kier alpha value is -1.30. The van der Waals surface area contributed by atoms with Crippen molar-refractivity contribution >= 4 is 11.9 Å². The summed E-state index contributed by atoms with van der Waals surface area (Å²) in [4.78, 5) is 28.6. The first-order valence-electron chi connectivity index (χ1n) is 9.18. The van der Waals surface area contributed by atoms with Gasteiger partial charge in [-0.05, 0) is 32.6 Å². The summed E-state index contributed by atoms with van der Waals surface area (Å²) >= 11 is 0. The van der Waals surface area contributed by atoms with Crippen molar-refractivity contribution in [3.8, 4) is 0 Å². The highest BCUT2D eigenvalue weighted by Crippen LogP contribution is 2.51. The standard InChI is InChI=1S/C18H31N3O3/c1-17(2)14(12-18(17,3)24-4)19-16(23)21-9-5-8-20(10-11-21)15(22)13-6-7-13/h13-14H,5-12H2,1-4H3,(H,19,23)/t14-,18+/m1/s1. The third kappa shape index (κ3) is 3.01. The van der Waals surface area contributed by atoms with Gasteiger partial charge in [0.05, 0.1) is 5.60 Å². The second-order valence-electron chi connectivity index (χ2n) is 8.30. The number of carbonyl (C=O) groups is 2. The predicted octanol–water partition coefficient (Wildman–Crippen LogP) is 1.84. The Morgan fingerprint density at radius 3 is 2.25 bits per heavy atom. The maximum absolute atomic E-state index is 12.6. The minimum atomic E-state index is -0.183. The van der Waals surface area contributed by atoms with Crippen LogP contribution in [0, 0.1) is 11.3 Å². The van der Waals surface area contributed by atoms with E-state index in [0.29, 0.717) is 13.1 Å². The van der Waals surface area contributed by atoms with E-state index in [1.807, 2.05) is 9.80 Å². The number of nitrogens with one attached hydrogen (secondary N) is 1. The Kier molecular flexibility index (Phi) is 4.53. The van der Waals surface area contributed by atoms with Crippen molar-refractivity contribution in [1.82, 2.24) is 15.1 Å². The SMILES string of the molecule is CO[C@@]1(C)C[C@@H](NC(=O)N2CCCN(C(=O)C3CC3)CC2)C1(C)C. The molecule has 0 radical (unpaired) electrons. The molecule has 1 saturated heterocycles. The van der Waals surface area contributed by atoms with Crippen molar-refractivity contribution in [2.24, 2.45) is 11.3 Å². The number of rotatable bonds is 3. The normalized spacial score (nSPS) is 32.8. The number of hydrogen-bond donors (Lipinski definition) is 1. The number of hydrogen-bond acceptors (Lipinski definition) is 3. The third-order valence-corrected chi connectivity index (χ3v) is 6.60. The zero-order chi connectivity index (χ0) is 17.5. The zero-order valence-corrected chi connectivity index (χ0v) is 15.4. The van der Waals surface area contributed by atoms with Gasteiger partial charge in [0, 0.05) is 50.7 Å². The molecule has 24 heavy (non-hydrogen) atoms. The van der Waals surface area contributed by atoms with Crippen LogP contribution in [0.15, 0.2) is 0 Å². The van der Waals surface area contributed by atoms with E-state index >= 15 is 0 Å². The van der Waals surface area contributed by atoms with E-state index < -0.39 is 0 Å². The molecule has 3 rings (SSSR count). The van der Waals surface area contributed by atoms with E-state index in [2.05, 4.69) is 26.1 Å². The molecular formula is C18H31N3O3. The monoisotopic (exact) mass is 337 g/mol. The van der Waals surface area contributed by atoms with Crippen LogP contribution in [0.1, 0.15) is 46.5 Å². The average Bonchev–Trinajstić information content (AvgIpc) is 3.39. The lowest BCUT2D eigenvalue weighted by Gasteiger charge is -2.59. The van der Waals surface area contributed by atoms with Crippen LogP contribution in [-0.4, -0.2) is 66.7 Å². The van der Waals surface area contributed by atoms with Gasteiger partial charge in [-0.15, -0.1) is 0 Å². The van der Waals surface area contributed by atoms with Crippen molar-refractivity contribution < 1.29 is 14.3 Å². The average molecular weight is 337 g/mol. The molecule has 2 saturated carbocycles. The summed E-state index contributed by atoms with van der Waals surface area (Å²) in [6.45, 7) is 9.16. The van der Waals surface area contributed by atoms with Gasteiger partial charge < -0.3 is 19.9 Å². The summed E-state index contributed by atoms with van der Waals surface area (Å²) in [7, 11) is 1.74. The Balaban J connectivity index is 1.52. The molecule has 0 spiro atoms. The number of methoxy groups -OCH3 is 1. The zero-order valence-electron chi connectivity index (χ0n) is 15.4. The van der Waals surface area contributed by atoms with Crippen molar-refractivity contribution in [2.45, 2.75) is 58.1 Å². The molecule has 136 valence electrons. The Labute approximate surface area is 144 Å². The van der Waals surface area contributed by atoms with Crippen LogP contribution in [0.4, 0.5) is 4.79 Å². The lowest BCUT2D eigenvalue weighted by Crippen LogP contribution is -2.69. The number of amides is 3. The Morgan fingerprint density at radius 1 is 1.04 bits per heavy atom. The van der Waals surface area contributed by atoms with Gasteiger partial charge in [-0.2, -0.15) is 0 Å². The molecule has 0 bridgehead atoms. The summed E-state index contributed by atoms with van der Waals surface area (Å²) in [5, 5.41) is 3.18. The minimum Gasteiger partial charge on any atom is -0.378 e. The number of nitrogens with zero attached hydrogens (tertiary/aromatic N) is 2. The molecule has 3 aliphatic rings. The predicted molar refractivity (Wildman–Crippen MR) is 91.6 cm³/mol. The smallest absolute Gasteiger partial charge is 0.317 e. The molecule has 2 atom stereocenters. The summed E-state index contributed by atoms with van der Waals surface area (Å²) in [5.74, 6) is 0.543. The van der Waals surface area contributed by atoms with Gasteiger partial charge in [-0.3, -0.25) is 4.79 Å². The van der Waals surface area contributed by atoms with E-state index in [1.54, 1.807) is 7.11 Å². The minimum absolute atomic E-state index is 0.00745. The van der Waals surface area contributed by atoms with E-state index in [1.165, 1.54) is 0 Å². The van der Waals surface area contributed by atoms with E-state index in [-0.39, 0.29) is 34.9 Å². The number of carbonyl (C=O) groups excluding carboxylic acids is 2. The molecule has 3 fully saturated rings. The van der Waals surface area contributed by atoms with Gasteiger partial charge in [0.2, 0.25) is 5.91 Å². The van der Waals surface area contributed by atoms with Crippen LogP contribution >= 0.6 is 0 Å². The summed E-state index contributed by atoms with van der Waals surface area (Å²) in [6, 6.07) is 0.120. The lowest BCUT2D eigenvalue weighted by atomic mass is 9.56. The van der Waals surface area contributed by atoms with Gasteiger partial charge in [0.15, 0.2) is 0 Å². The van der Waals surface area contributed by atoms with Crippen LogP contribution in [0.2, 0.25) is 0 Å². The molecule has 1 N–H and O–H groups in total. The van der Waals surface area contributed by atoms with Crippen molar-refractivity contribution in [2.75, 3.05) is 33.3 Å². The first-order valence-corrected chi connectivity index (χ1v) is 9.18. The Morgan fingerprint density at radius 2 is 1.67 bits per heavy atom. The number of ether oxygens (including phenoxy) is 1. The molecule has 1 aliphatic heterocycles. The highest BCUT2D eigenvalue weighted by Gasteiger charge is 2.58. The van der Waals surface area contributed by atoms with Gasteiger partial charge in [-0.1, -0.05) is 13.8 Å². The van der Waals surface area contributed by atoms with E-state index in [4.69, 9.17) is 4.74 Å². The first kappa shape index (κ1) is 17.5. The van der Waals surface area contributed by atoms with Crippen molar-refractivity contribution in [3.63, 3.8) is 0 Å². The first-order chi connectivity index (χ1) is 11.3. The third-order valence-electron chi connectivity index (χ3n) is 6.60. The van der Waals surface area contributed by atoms with Crippen LogP contribution < -0.4 is 5.32 Å². The lowest BCUT2D eigenvalue weighted by molar-refractivity contribution is -0.177. The fraction of sp³-hybridized carbons (Fsp3) is 0.889. The summed E-state index contributed by atoms with van der Waals surface area (Å²) in [6.07, 6.45) is 3.77. The molecule has 0 aromatic heterocycles. The van der Waals surface area contributed by atoms with Crippen LogP contribution in [0.25, 0.3) is 0 Å². The molecule has 0 unspecified atom stereocenters. The number of urea groups is 1. The molecule has 6 nitrogen and oxygen atoms in total. The van der Waals surface area contributed by atoms with Gasteiger partial charge >= 0.3 is 6.03 Å². The quantitative estimate of drug-likeness (QED) is 0.855. The van der Waals surface area contributed by atoms with E-state index in [0.717, 1.165) is 38.8 Å². The van der Waals surface area contributed by atoms with Crippen LogP contribution in [0.3, 0.4) is 0 Å².